The van der Waals surface area contributed by atoms with Gasteiger partial charge in [0.15, 0.2) is 0 Å². The molecule has 0 spiro atoms. The zero-order valence-electron chi connectivity index (χ0n) is 15.9. The Hall–Kier alpha value is -2.37. The van der Waals surface area contributed by atoms with Gasteiger partial charge in [-0.25, -0.2) is 9.67 Å². The van der Waals surface area contributed by atoms with E-state index < -0.39 is 0 Å². The van der Waals surface area contributed by atoms with Gasteiger partial charge in [0.05, 0.1) is 11.4 Å². The molecule has 27 heavy (non-hydrogen) atoms. The molecule has 3 aromatic rings. The second-order valence-corrected chi connectivity index (χ2v) is 7.00. The summed E-state index contributed by atoms with van der Waals surface area (Å²) in [5, 5.41) is 12.3. The van der Waals surface area contributed by atoms with Crippen molar-refractivity contribution < 1.29 is 0 Å². The lowest BCUT2D eigenvalue weighted by atomic mass is 10.2. The molecule has 0 saturated heterocycles. The van der Waals surface area contributed by atoms with Gasteiger partial charge in [-0.05, 0) is 69.6 Å². The number of nitrogens with one attached hydrogen (secondary N) is 2. The number of anilines is 1. The van der Waals surface area contributed by atoms with Crippen molar-refractivity contribution in [2.75, 3.05) is 18.4 Å². The summed E-state index contributed by atoms with van der Waals surface area (Å²) < 4.78 is 1.99. The second-order valence-electron chi connectivity index (χ2n) is 6.56. The molecule has 0 atom stereocenters. The van der Waals surface area contributed by atoms with E-state index in [0.29, 0.717) is 0 Å². The zero-order valence-corrected chi connectivity index (χ0v) is 16.6. The smallest absolute Gasteiger partial charge is 0.125 e. The van der Waals surface area contributed by atoms with Crippen molar-refractivity contribution in [2.45, 2.75) is 33.2 Å². The van der Waals surface area contributed by atoms with Gasteiger partial charge in [0, 0.05) is 35.6 Å². The summed E-state index contributed by atoms with van der Waals surface area (Å²) in [4.78, 5) is 4.26. The normalized spacial score (nSPS) is 10.9. The SMILES string of the molecule is Cc1nn(-c2ccc(Cl)cc2)c(C)c1CNCCCCNc1ccccn1. The van der Waals surface area contributed by atoms with E-state index in [-0.39, 0.29) is 0 Å². The summed E-state index contributed by atoms with van der Waals surface area (Å²) in [5.74, 6) is 0.936. The Labute approximate surface area is 165 Å². The Morgan fingerprint density at radius 3 is 2.52 bits per heavy atom. The Morgan fingerprint density at radius 1 is 1.00 bits per heavy atom. The van der Waals surface area contributed by atoms with Gasteiger partial charge >= 0.3 is 0 Å². The monoisotopic (exact) mass is 383 g/mol. The van der Waals surface area contributed by atoms with Crippen molar-refractivity contribution in [2.24, 2.45) is 0 Å². The molecule has 0 aliphatic rings. The molecule has 2 aromatic heterocycles. The number of benzene rings is 1. The van der Waals surface area contributed by atoms with Crippen LogP contribution >= 0.6 is 11.6 Å². The number of hydrogen-bond acceptors (Lipinski definition) is 4. The highest BCUT2D eigenvalue weighted by molar-refractivity contribution is 6.30. The van der Waals surface area contributed by atoms with E-state index in [1.54, 1.807) is 6.20 Å². The molecule has 2 heterocycles. The van der Waals surface area contributed by atoms with Gasteiger partial charge in [-0.3, -0.25) is 0 Å². The van der Waals surface area contributed by atoms with Gasteiger partial charge < -0.3 is 10.6 Å². The van der Waals surface area contributed by atoms with Gasteiger partial charge in [0.1, 0.15) is 5.82 Å². The average molecular weight is 384 g/mol. The molecular weight excluding hydrogens is 358 g/mol. The van der Waals surface area contributed by atoms with E-state index in [0.717, 1.165) is 54.7 Å². The van der Waals surface area contributed by atoms with Crippen LogP contribution in [0.15, 0.2) is 48.7 Å². The Bertz CT molecular complexity index is 843. The largest absolute Gasteiger partial charge is 0.370 e. The van der Waals surface area contributed by atoms with E-state index in [1.165, 1.54) is 11.3 Å². The van der Waals surface area contributed by atoms with E-state index in [9.17, 15) is 0 Å². The fourth-order valence-corrected chi connectivity index (χ4v) is 3.16. The van der Waals surface area contributed by atoms with Crippen LogP contribution in [0.2, 0.25) is 5.02 Å². The minimum atomic E-state index is 0.736. The van der Waals surface area contributed by atoms with Crippen LogP contribution in [0.4, 0.5) is 5.82 Å². The standard InChI is InChI=1S/C21H26ClN5/c1-16-20(17(2)27(26-16)19-10-8-18(22)9-11-19)15-23-12-5-6-14-25-21-7-3-4-13-24-21/h3-4,7-11,13,23H,5-6,12,14-15H2,1-2H3,(H,24,25). The Morgan fingerprint density at radius 2 is 1.78 bits per heavy atom. The van der Waals surface area contributed by atoms with Crippen molar-refractivity contribution >= 4 is 17.4 Å². The van der Waals surface area contributed by atoms with Crippen LogP contribution in [0.25, 0.3) is 5.69 Å². The number of unbranched alkanes of at least 4 members (excludes halogenated alkanes) is 1. The lowest BCUT2D eigenvalue weighted by Crippen LogP contribution is -2.17. The lowest BCUT2D eigenvalue weighted by molar-refractivity contribution is 0.629. The number of aromatic nitrogens is 3. The molecule has 0 fully saturated rings. The maximum absolute atomic E-state index is 5.98. The van der Waals surface area contributed by atoms with Crippen LogP contribution in [0, 0.1) is 13.8 Å². The maximum Gasteiger partial charge on any atom is 0.125 e. The van der Waals surface area contributed by atoms with Crippen molar-refractivity contribution in [3.63, 3.8) is 0 Å². The third-order valence-electron chi connectivity index (χ3n) is 4.57. The fourth-order valence-electron chi connectivity index (χ4n) is 3.04. The van der Waals surface area contributed by atoms with E-state index in [2.05, 4.69) is 34.6 Å². The minimum absolute atomic E-state index is 0.736. The van der Waals surface area contributed by atoms with Gasteiger partial charge in [-0.15, -0.1) is 0 Å². The number of rotatable bonds is 9. The summed E-state index contributed by atoms with van der Waals surface area (Å²) in [7, 11) is 0. The molecule has 2 N–H and O–H groups in total. The summed E-state index contributed by atoms with van der Waals surface area (Å²) in [6, 6.07) is 13.7. The molecule has 0 aliphatic carbocycles. The predicted molar refractivity (Wildman–Crippen MR) is 112 cm³/mol. The number of halogens is 1. The van der Waals surface area contributed by atoms with Gasteiger partial charge in [-0.1, -0.05) is 17.7 Å². The van der Waals surface area contributed by atoms with Crippen LogP contribution in [-0.2, 0) is 6.54 Å². The topological polar surface area (TPSA) is 54.8 Å². The molecule has 142 valence electrons. The first-order valence-corrected chi connectivity index (χ1v) is 9.69. The summed E-state index contributed by atoms with van der Waals surface area (Å²) in [6.07, 6.45) is 4.02. The average Bonchev–Trinajstić information content (AvgIpc) is 2.96. The van der Waals surface area contributed by atoms with Crippen LogP contribution in [0.3, 0.4) is 0 Å². The molecule has 0 amide bonds. The van der Waals surface area contributed by atoms with Crippen LogP contribution in [0.1, 0.15) is 29.8 Å². The van der Waals surface area contributed by atoms with Crippen LogP contribution < -0.4 is 10.6 Å². The summed E-state index contributed by atoms with van der Waals surface area (Å²) >= 11 is 5.98. The Kier molecular flexibility index (Phi) is 6.85. The van der Waals surface area contributed by atoms with Gasteiger partial charge in [0.25, 0.3) is 0 Å². The molecule has 0 radical (unpaired) electrons. The highest BCUT2D eigenvalue weighted by atomic mass is 35.5. The first kappa shape index (κ1) is 19.4. The quantitative estimate of drug-likeness (QED) is 0.533. The molecule has 0 aliphatic heterocycles. The fraction of sp³-hybridized carbons (Fsp3) is 0.333. The first-order valence-electron chi connectivity index (χ1n) is 9.32. The second kappa shape index (κ2) is 9.53. The summed E-state index contributed by atoms with van der Waals surface area (Å²) in [5.41, 5.74) is 4.52. The third kappa shape index (κ3) is 5.31. The molecule has 6 heteroatoms. The molecule has 1 aromatic carbocycles. The van der Waals surface area contributed by atoms with Crippen LogP contribution in [-0.4, -0.2) is 27.9 Å². The zero-order chi connectivity index (χ0) is 19.1. The minimum Gasteiger partial charge on any atom is -0.370 e. The van der Waals surface area contributed by atoms with Crippen LogP contribution in [0.5, 0.6) is 0 Å². The first-order chi connectivity index (χ1) is 13.1. The number of hydrogen-bond donors (Lipinski definition) is 2. The molecule has 5 nitrogen and oxygen atoms in total. The third-order valence-corrected chi connectivity index (χ3v) is 4.82. The van der Waals surface area contributed by atoms with Gasteiger partial charge in [-0.2, -0.15) is 5.10 Å². The van der Waals surface area contributed by atoms with Crippen molar-refractivity contribution in [3.8, 4) is 5.69 Å². The van der Waals surface area contributed by atoms with Crippen molar-refractivity contribution in [3.05, 3.63) is 70.6 Å². The molecule has 0 unspecified atom stereocenters. The molecule has 0 bridgehead atoms. The molecule has 3 rings (SSSR count). The predicted octanol–water partition coefficient (Wildman–Crippen LogP) is 4.52. The number of aryl methyl sites for hydroxylation is 1. The number of nitrogens with zero attached hydrogens (tertiary/aromatic N) is 3. The highest BCUT2D eigenvalue weighted by Gasteiger charge is 2.12. The molecular formula is C21H26ClN5. The van der Waals surface area contributed by atoms with E-state index >= 15 is 0 Å². The lowest BCUT2D eigenvalue weighted by Gasteiger charge is -2.08. The van der Waals surface area contributed by atoms with E-state index in [1.807, 2.05) is 47.1 Å². The molecule has 0 saturated carbocycles. The Balaban J connectivity index is 1.44. The van der Waals surface area contributed by atoms with Crippen molar-refractivity contribution in [1.82, 2.24) is 20.1 Å². The summed E-state index contributed by atoms with van der Waals surface area (Å²) in [6.45, 7) is 6.93. The number of pyridine rings is 1. The maximum atomic E-state index is 5.98. The van der Waals surface area contributed by atoms with Gasteiger partial charge in [0.2, 0.25) is 0 Å². The highest BCUT2D eigenvalue weighted by Crippen LogP contribution is 2.19. The van der Waals surface area contributed by atoms with Crippen molar-refractivity contribution in [1.29, 1.82) is 0 Å². The van der Waals surface area contributed by atoms with E-state index in [4.69, 9.17) is 11.6 Å².